The summed E-state index contributed by atoms with van der Waals surface area (Å²) in [6, 6.07) is 7.30. The van der Waals surface area contributed by atoms with Gasteiger partial charge in [-0.3, -0.25) is 19.2 Å². The van der Waals surface area contributed by atoms with Crippen molar-refractivity contribution in [3.05, 3.63) is 29.8 Å². The van der Waals surface area contributed by atoms with Crippen LogP contribution < -0.4 is 10.2 Å². The van der Waals surface area contributed by atoms with Gasteiger partial charge in [0.25, 0.3) is 5.24 Å². The fraction of sp³-hybridized carbons (Fsp3) is 0.444. The molecule has 1 aliphatic heterocycles. The van der Waals surface area contributed by atoms with Gasteiger partial charge in [-0.2, -0.15) is 0 Å². The minimum atomic E-state index is -1.01. The zero-order chi connectivity index (χ0) is 19.1. The lowest BCUT2D eigenvalue weighted by Crippen LogP contribution is -2.34. The van der Waals surface area contributed by atoms with Crippen molar-refractivity contribution in [3.63, 3.8) is 0 Å². The molecular weight excluding hydrogens is 356 g/mol. The van der Waals surface area contributed by atoms with E-state index >= 15 is 0 Å². The van der Waals surface area contributed by atoms with Crippen LogP contribution in [0.3, 0.4) is 0 Å². The molecule has 0 radical (unpaired) electrons. The maximum Gasteiger partial charge on any atom is 0.305 e. The van der Waals surface area contributed by atoms with Gasteiger partial charge in [0.15, 0.2) is 0 Å². The van der Waals surface area contributed by atoms with Crippen molar-refractivity contribution in [2.45, 2.75) is 44.3 Å². The van der Waals surface area contributed by atoms with E-state index < -0.39 is 28.3 Å². The molecule has 2 rings (SSSR count). The van der Waals surface area contributed by atoms with Gasteiger partial charge in [0, 0.05) is 13.0 Å². The Balaban J connectivity index is 1.95. The van der Waals surface area contributed by atoms with Crippen LogP contribution in [0.25, 0.3) is 0 Å². The van der Waals surface area contributed by atoms with Crippen molar-refractivity contribution in [1.29, 1.82) is 0 Å². The van der Waals surface area contributed by atoms with Gasteiger partial charge in [-0.15, -0.1) is 0 Å². The summed E-state index contributed by atoms with van der Waals surface area (Å²) in [6.45, 7) is 2.11. The predicted molar refractivity (Wildman–Crippen MR) is 99.2 cm³/mol. The topological polar surface area (TPSA) is 104 Å². The van der Waals surface area contributed by atoms with Crippen LogP contribution in [0, 0.1) is 0 Å². The summed E-state index contributed by atoms with van der Waals surface area (Å²) >= 11 is 0.823. The maximum absolute atomic E-state index is 12.5. The lowest BCUT2D eigenvalue weighted by atomic mass is 10.1. The second-order valence-electron chi connectivity index (χ2n) is 6.01. The number of benzene rings is 1. The van der Waals surface area contributed by atoms with Gasteiger partial charge >= 0.3 is 5.97 Å². The van der Waals surface area contributed by atoms with Gasteiger partial charge in [-0.05, 0) is 42.3 Å². The minimum absolute atomic E-state index is 0.00335. The highest BCUT2D eigenvalue weighted by Crippen LogP contribution is 2.33. The van der Waals surface area contributed by atoms with Crippen molar-refractivity contribution < 1.29 is 24.3 Å². The van der Waals surface area contributed by atoms with Crippen LogP contribution >= 0.6 is 11.8 Å². The summed E-state index contributed by atoms with van der Waals surface area (Å²) in [6.07, 6.45) is 2.78. The number of aliphatic carboxylic acids is 1. The zero-order valence-corrected chi connectivity index (χ0v) is 15.4. The normalized spacial score (nSPS) is 16.8. The minimum Gasteiger partial charge on any atom is -0.481 e. The summed E-state index contributed by atoms with van der Waals surface area (Å²) < 4.78 is 0. The highest BCUT2D eigenvalue weighted by Gasteiger charge is 2.41. The molecule has 1 aromatic carbocycles. The fourth-order valence-corrected chi connectivity index (χ4v) is 3.55. The van der Waals surface area contributed by atoms with Crippen LogP contribution in [0.1, 0.15) is 38.2 Å². The van der Waals surface area contributed by atoms with Crippen LogP contribution in [0.15, 0.2) is 24.3 Å². The number of rotatable bonds is 9. The first-order chi connectivity index (χ1) is 12.4. The molecule has 0 saturated carbocycles. The number of carbonyl (C=O) groups excluding carboxylic acids is 3. The van der Waals surface area contributed by atoms with Gasteiger partial charge in [0.05, 0.1) is 12.1 Å². The van der Waals surface area contributed by atoms with Crippen molar-refractivity contribution >= 4 is 40.5 Å². The lowest BCUT2D eigenvalue weighted by molar-refractivity contribution is -0.137. The average Bonchev–Trinajstić information content (AvgIpc) is 2.87. The number of carboxylic acid groups (broad SMARTS) is 1. The Hall–Kier alpha value is -2.35. The van der Waals surface area contributed by atoms with Gasteiger partial charge < -0.3 is 10.4 Å². The molecule has 1 aromatic rings. The van der Waals surface area contributed by atoms with Crippen molar-refractivity contribution in [3.8, 4) is 0 Å². The van der Waals surface area contributed by atoms with E-state index in [1.807, 2.05) is 12.1 Å². The molecule has 26 heavy (non-hydrogen) atoms. The SMILES string of the molecule is CCCCc1ccc(N2C(=O)SC(CC(=O)NCCC(=O)O)C2=O)cc1. The quantitative estimate of drug-likeness (QED) is 0.684. The van der Waals surface area contributed by atoms with Crippen LogP contribution in [-0.2, 0) is 20.8 Å². The first-order valence-corrected chi connectivity index (χ1v) is 9.42. The second kappa shape index (κ2) is 9.38. The lowest BCUT2D eigenvalue weighted by Gasteiger charge is -2.14. The first kappa shape index (κ1) is 20.0. The number of anilines is 1. The van der Waals surface area contributed by atoms with Crippen molar-refractivity contribution in [2.24, 2.45) is 0 Å². The van der Waals surface area contributed by atoms with E-state index in [1.165, 1.54) is 0 Å². The summed E-state index contributed by atoms with van der Waals surface area (Å²) in [5, 5.41) is 9.81. The molecule has 1 atom stereocenters. The molecule has 0 aliphatic carbocycles. The third-order valence-corrected chi connectivity index (χ3v) is 5.00. The van der Waals surface area contributed by atoms with E-state index in [0.717, 1.165) is 41.5 Å². The molecule has 1 unspecified atom stereocenters. The number of carboxylic acids is 1. The molecule has 0 bridgehead atoms. The number of hydrogen-bond donors (Lipinski definition) is 2. The Morgan fingerprint density at radius 3 is 2.54 bits per heavy atom. The smallest absolute Gasteiger partial charge is 0.305 e. The van der Waals surface area contributed by atoms with Gasteiger partial charge in [-0.1, -0.05) is 25.5 Å². The summed E-state index contributed by atoms with van der Waals surface area (Å²) in [5.41, 5.74) is 1.65. The van der Waals surface area contributed by atoms with E-state index in [2.05, 4.69) is 12.2 Å². The van der Waals surface area contributed by atoms with Crippen LogP contribution in [0.2, 0.25) is 0 Å². The third kappa shape index (κ3) is 5.32. The standard InChI is InChI=1S/C18H22N2O5S/c1-2-3-4-12-5-7-13(8-6-12)20-17(24)14(26-18(20)25)11-15(21)19-10-9-16(22)23/h5-8,14H,2-4,9-11H2,1H3,(H,19,21)(H,22,23). The number of unbranched alkanes of at least 4 members (excludes halogenated alkanes) is 1. The number of thioether (sulfide) groups is 1. The van der Waals surface area contributed by atoms with Gasteiger partial charge in [0.2, 0.25) is 11.8 Å². The Bertz CT molecular complexity index is 689. The summed E-state index contributed by atoms with van der Waals surface area (Å²) in [4.78, 5) is 48.1. The predicted octanol–water partition coefficient (Wildman–Crippen LogP) is 2.58. The summed E-state index contributed by atoms with van der Waals surface area (Å²) in [7, 11) is 0. The monoisotopic (exact) mass is 378 g/mol. The molecule has 7 nitrogen and oxygen atoms in total. The molecule has 3 amide bonds. The Labute approximate surface area is 156 Å². The highest BCUT2D eigenvalue weighted by atomic mass is 32.2. The number of hydrogen-bond acceptors (Lipinski definition) is 5. The zero-order valence-electron chi connectivity index (χ0n) is 14.6. The largest absolute Gasteiger partial charge is 0.481 e. The number of imide groups is 1. The number of amides is 3. The third-order valence-electron chi connectivity index (χ3n) is 3.97. The van der Waals surface area contributed by atoms with Crippen molar-refractivity contribution in [2.75, 3.05) is 11.4 Å². The van der Waals surface area contributed by atoms with Crippen molar-refractivity contribution in [1.82, 2.24) is 5.32 Å². The molecule has 1 saturated heterocycles. The first-order valence-electron chi connectivity index (χ1n) is 8.54. The van der Waals surface area contributed by atoms with Crippen LogP contribution in [0.5, 0.6) is 0 Å². The number of carbonyl (C=O) groups is 4. The Kier molecular flexibility index (Phi) is 7.20. The average molecular weight is 378 g/mol. The summed E-state index contributed by atoms with van der Waals surface area (Å²) in [5.74, 6) is -1.88. The van der Waals surface area contributed by atoms with Crippen LogP contribution in [-0.4, -0.2) is 39.9 Å². The molecule has 2 N–H and O–H groups in total. The number of nitrogens with one attached hydrogen (secondary N) is 1. The number of nitrogens with zero attached hydrogens (tertiary/aromatic N) is 1. The Morgan fingerprint density at radius 2 is 1.92 bits per heavy atom. The second-order valence-corrected chi connectivity index (χ2v) is 7.17. The van der Waals surface area contributed by atoms with E-state index in [1.54, 1.807) is 12.1 Å². The van der Waals surface area contributed by atoms with Gasteiger partial charge in [-0.25, -0.2) is 4.90 Å². The fourth-order valence-electron chi connectivity index (χ4n) is 2.56. The van der Waals surface area contributed by atoms with E-state index in [0.29, 0.717) is 5.69 Å². The maximum atomic E-state index is 12.5. The molecule has 1 fully saturated rings. The molecule has 140 valence electrons. The van der Waals surface area contributed by atoms with E-state index in [-0.39, 0.29) is 19.4 Å². The molecule has 1 aliphatic rings. The molecule has 0 aromatic heterocycles. The van der Waals surface area contributed by atoms with E-state index in [9.17, 15) is 19.2 Å². The van der Waals surface area contributed by atoms with Gasteiger partial charge in [0.1, 0.15) is 5.25 Å². The molecule has 0 spiro atoms. The number of aryl methyl sites for hydroxylation is 1. The molecule has 8 heteroatoms. The molecule has 1 heterocycles. The Morgan fingerprint density at radius 1 is 1.23 bits per heavy atom. The van der Waals surface area contributed by atoms with Crippen LogP contribution in [0.4, 0.5) is 10.5 Å². The van der Waals surface area contributed by atoms with E-state index in [4.69, 9.17) is 5.11 Å². The highest BCUT2D eigenvalue weighted by molar-refractivity contribution is 8.15. The molecular formula is C18H22N2O5S.